The first kappa shape index (κ1) is 10.6. The molecule has 1 heterocycles. The highest BCUT2D eigenvalue weighted by Gasteiger charge is 2.21. The lowest BCUT2D eigenvalue weighted by molar-refractivity contribution is 0.410. The summed E-state index contributed by atoms with van der Waals surface area (Å²) in [5, 5.41) is 7.65. The van der Waals surface area contributed by atoms with Crippen molar-refractivity contribution < 1.29 is 0 Å². The van der Waals surface area contributed by atoms with Crippen molar-refractivity contribution in [1.82, 2.24) is 10.2 Å². The van der Waals surface area contributed by atoms with E-state index < -0.39 is 0 Å². The van der Waals surface area contributed by atoms with Crippen LogP contribution in [0.2, 0.25) is 0 Å². The fourth-order valence-corrected chi connectivity index (χ4v) is 2.50. The zero-order chi connectivity index (χ0) is 11.8. The molecule has 0 unspecified atom stereocenters. The van der Waals surface area contributed by atoms with Crippen LogP contribution >= 0.6 is 0 Å². The van der Waals surface area contributed by atoms with Crippen LogP contribution in [-0.4, -0.2) is 10.2 Å². The van der Waals surface area contributed by atoms with Crippen molar-refractivity contribution in [3.05, 3.63) is 41.1 Å². The molecule has 0 spiro atoms. The second kappa shape index (κ2) is 4.02. The van der Waals surface area contributed by atoms with Gasteiger partial charge in [-0.1, -0.05) is 30.2 Å². The lowest BCUT2D eigenvalue weighted by Gasteiger charge is -2.23. The summed E-state index contributed by atoms with van der Waals surface area (Å²) in [6, 6.07) is 8.76. The maximum absolute atomic E-state index is 4.45. The average molecular weight is 226 g/mol. The molecule has 17 heavy (non-hydrogen) atoms. The molecule has 2 heteroatoms. The second-order valence-corrected chi connectivity index (χ2v) is 5.15. The third kappa shape index (κ3) is 1.88. The molecule has 2 nitrogen and oxygen atoms in total. The van der Waals surface area contributed by atoms with E-state index in [2.05, 4.69) is 48.3 Å². The molecule has 1 saturated carbocycles. The molecule has 1 fully saturated rings. The maximum atomic E-state index is 4.45. The van der Waals surface area contributed by atoms with E-state index >= 15 is 0 Å². The molecule has 3 rings (SSSR count). The molecule has 1 aromatic heterocycles. The quantitative estimate of drug-likeness (QED) is 0.825. The number of H-pyrrole nitrogens is 1. The molecule has 0 aliphatic heterocycles. The molecule has 0 radical (unpaired) electrons. The monoisotopic (exact) mass is 226 g/mol. The van der Waals surface area contributed by atoms with Crippen molar-refractivity contribution in [3.8, 4) is 11.3 Å². The number of nitrogens with one attached hydrogen (secondary N) is 1. The summed E-state index contributed by atoms with van der Waals surface area (Å²) in [7, 11) is 0. The number of aromatic amines is 1. The first-order valence-corrected chi connectivity index (χ1v) is 6.37. The van der Waals surface area contributed by atoms with Crippen molar-refractivity contribution in [2.75, 3.05) is 0 Å². The van der Waals surface area contributed by atoms with E-state index in [9.17, 15) is 0 Å². The minimum absolute atomic E-state index is 0.724. The summed E-state index contributed by atoms with van der Waals surface area (Å²) in [6.07, 6.45) is 3.99. The molecule has 88 valence electrons. The Morgan fingerprint density at radius 3 is 2.65 bits per heavy atom. The van der Waals surface area contributed by atoms with Crippen LogP contribution in [-0.2, 0) is 0 Å². The van der Waals surface area contributed by atoms with E-state index in [-0.39, 0.29) is 0 Å². The van der Waals surface area contributed by atoms with Gasteiger partial charge in [-0.05, 0) is 38.3 Å². The van der Waals surface area contributed by atoms with Crippen molar-refractivity contribution in [2.45, 2.75) is 39.0 Å². The van der Waals surface area contributed by atoms with E-state index in [4.69, 9.17) is 0 Å². The van der Waals surface area contributed by atoms with Gasteiger partial charge in [0.1, 0.15) is 0 Å². The van der Waals surface area contributed by atoms with Crippen molar-refractivity contribution in [3.63, 3.8) is 0 Å². The van der Waals surface area contributed by atoms with Gasteiger partial charge in [0.05, 0.1) is 5.69 Å². The summed E-state index contributed by atoms with van der Waals surface area (Å²) in [4.78, 5) is 0. The van der Waals surface area contributed by atoms with E-state index in [1.807, 2.05) is 0 Å². The molecule has 1 aromatic carbocycles. The van der Waals surface area contributed by atoms with Crippen molar-refractivity contribution in [2.24, 2.45) is 0 Å². The van der Waals surface area contributed by atoms with Gasteiger partial charge in [-0.15, -0.1) is 0 Å². The standard InChI is InChI=1S/C15H18N2/c1-10-6-7-13(11(2)8-10)15-9-14(16-17-15)12-4-3-5-12/h6-9,12H,3-5H2,1-2H3,(H,16,17). The molecule has 1 aliphatic carbocycles. The predicted octanol–water partition coefficient (Wildman–Crippen LogP) is 3.96. The van der Waals surface area contributed by atoms with Gasteiger partial charge in [0.2, 0.25) is 0 Å². The lowest BCUT2D eigenvalue weighted by Crippen LogP contribution is -2.08. The molecule has 0 atom stereocenters. The number of rotatable bonds is 2. The van der Waals surface area contributed by atoms with Crippen LogP contribution in [0, 0.1) is 13.8 Å². The van der Waals surface area contributed by atoms with Crippen LogP contribution in [0.5, 0.6) is 0 Å². The van der Waals surface area contributed by atoms with Crippen molar-refractivity contribution in [1.29, 1.82) is 0 Å². The first-order chi connectivity index (χ1) is 8.24. The minimum atomic E-state index is 0.724. The highest BCUT2D eigenvalue weighted by atomic mass is 15.1. The highest BCUT2D eigenvalue weighted by Crippen LogP contribution is 2.36. The van der Waals surface area contributed by atoms with Crippen LogP contribution < -0.4 is 0 Å². The smallest absolute Gasteiger partial charge is 0.0926 e. The van der Waals surface area contributed by atoms with Gasteiger partial charge in [0, 0.05) is 17.2 Å². The van der Waals surface area contributed by atoms with Gasteiger partial charge >= 0.3 is 0 Å². The Bertz CT molecular complexity index is 536. The van der Waals surface area contributed by atoms with Gasteiger partial charge in [-0.25, -0.2) is 0 Å². The van der Waals surface area contributed by atoms with E-state index in [1.54, 1.807) is 0 Å². The number of hydrogen-bond acceptors (Lipinski definition) is 1. The molecule has 1 N–H and O–H groups in total. The summed E-state index contributed by atoms with van der Waals surface area (Å²) >= 11 is 0. The summed E-state index contributed by atoms with van der Waals surface area (Å²) in [5.74, 6) is 0.724. The van der Waals surface area contributed by atoms with Gasteiger partial charge in [-0.3, -0.25) is 5.10 Å². The number of aryl methyl sites for hydroxylation is 2. The molecule has 1 aliphatic rings. The molecule has 0 bridgehead atoms. The highest BCUT2D eigenvalue weighted by molar-refractivity contribution is 5.64. The Morgan fingerprint density at radius 1 is 1.18 bits per heavy atom. The fourth-order valence-electron chi connectivity index (χ4n) is 2.50. The minimum Gasteiger partial charge on any atom is -0.282 e. The van der Waals surface area contributed by atoms with Gasteiger partial charge in [0.15, 0.2) is 0 Å². The third-order valence-corrected chi connectivity index (χ3v) is 3.80. The molecular weight excluding hydrogens is 208 g/mol. The van der Waals surface area contributed by atoms with E-state index in [1.165, 1.54) is 41.6 Å². The number of hydrogen-bond donors (Lipinski definition) is 1. The molecule has 2 aromatic rings. The summed E-state index contributed by atoms with van der Waals surface area (Å²) in [5.41, 5.74) is 6.26. The summed E-state index contributed by atoms with van der Waals surface area (Å²) < 4.78 is 0. The predicted molar refractivity (Wildman–Crippen MR) is 70.1 cm³/mol. The normalized spacial score (nSPS) is 15.9. The SMILES string of the molecule is Cc1ccc(-c2cc(C3CCC3)[nH]n2)c(C)c1. The lowest BCUT2D eigenvalue weighted by atomic mass is 9.83. The largest absolute Gasteiger partial charge is 0.282 e. The van der Waals surface area contributed by atoms with Crippen LogP contribution in [0.4, 0.5) is 0 Å². The maximum Gasteiger partial charge on any atom is 0.0926 e. The first-order valence-electron chi connectivity index (χ1n) is 6.37. The Balaban J connectivity index is 1.94. The zero-order valence-electron chi connectivity index (χ0n) is 10.5. The molecule has 0 saturated heterocycles. The second-order valence-electron chi connectivity index (χ2n) is 5.15. The van der Waals surface area contributed by atoms with Crippen molar-refractivity contribution >= 4 is 0 Å². The molecular formula is C15H18N2. The van der Waals surface area contributed by atoms with E-state index in [0.717, 1.165) is 11.6 Å². The number of benzene rings is 1. The van der Waals surface area contributed by atoms with Crippen LogP contribution in [0.15, 0.2) is 24.3 Å². The topological polar surface area (TPSA) is 28.7 Å². The van der Waals surface area contributed by atoms with Gasteiger partial charge in [0.25, 0.3) is 0 Å². The third-order valence-electron chi connectivity index (χ3n) is 3.80. The number of nitrogens with zero attached hydrogens (tertiary/aromatic N) is 1. The number of aromatic nitrogens is 2. The van der Waals surface area contributed by atoms with Gasteiger partial charge < -0.3 is 0 Å². The van der Waals surface area contributed by atoms with Crippen LogP contribution in [0.25, 0.3) is 11.3 Å². The Kier molecular flexibility index (Phi) is 2.50. The van der Waals surface area contributed by atoms with Crippen LogP contribution in [0.3, 0.4) is 0 Å². The summed E-state index contributed by atoms with van der Waals surface area (Å²) in [6.45, 7) is 4.28. The zero-order valence-corrected chi connectivity index (χ0v) is 10.5. The fraction of sp³-hybridized carbons (Fsp3) is 0.400. The molecule has 0 amide bonds. The Hall–Kier alpha value is -1.57. The van der Waals surface area contributed by atoms with Gasteiger partial charge in [-0.2, -0.15) is 5.10 Å². The van der Waals surface area contributed by atoms with E-state index in [0.29, 0.717) is 0 Å². The Morgan fingerprint density at radius 2 is 2.00 bits per heavy atom. The Labute approximate surface area is 102 Å². The average Bonchev–Trinajstić information content (AvgIpc) is 2.64. The van der Waals surface area contributed by atoms with Crippen LogP contribution in [0.1, 0.15) is 42.0 Å².